The van der Waals surface area contributed by atoms with Crippen molar-refractivity contribution in [1.29, 1.82) is 0 Å². The van der Waals surface area contributed by atoms with Crippen LogP contribution in [0.25, 0.3) is 11.2 Å². The number of carbonyl (C=O) groups excluding carboxylic acids is 1. The van der Waals surface area contributed by atoms with Gasteiger partial charge in [-0.1, -0.05) is 19.3 Å². The molecule has 4 fully saturated rings. The molecule has 2 aromatic heterocycles. The van der Waals surface area contributed by atoms with E-state index in [1.165, 1.54) is 23.8 Å². The van der Waals surface area contributed by atoms with Gasteiger partial charge in [0.2, 0.25) is 11.9 Å². The average Bonchev–Trinajstić information content (AvgIpc) is 3.62. The number of aromatic nitrogens is 4. The van der Waals surface area contributed by atoms with Crippen LogP contribution in [0.2, 0.25) is 0 Å². The van der Waals surface area contributed by atoms with E-state index in [-0.39, 0.29) is 12.5 Å². The molecule has 2 atom stereocenters. The van der Waals surface area contributed by atoms with Crippen molar-refractivity contribution in [3.05, 3.63) is 20.8 Å². The standard InChI is InChI=1S/C25H37N7O4/c1-28-22-21(23(34)32(25(28)35)16-20(33)29-9-11-36-12-10-29)31(15-17-5-3-2-4-6-17)24(27-22)30-8-7-18-13-26-14-19(18)30/h17-19,26H,2-16H2,1H3. The third kappa shape index (κ3) is 4.06. The highest BCUT2D eigenvalue weighted by Gasteiger charge is 2.40. The normalized spacial score (nSPS) is 25.1. The molecule has 2 aromatic rings. The molecule has 1 N–H and O–H groups in total. The van der Waals surface area contributed by atoms with Gasteiger partial charge in [0, 0.05) is 52.4 Å². The maximum atomic E-state index is 13.9. The van der Waals surface area contributed by atoms with Crippen LogP contribution < -0.4 is 21.5 Å². The minimum Gasteiger partial charge on any atom is -0.378 e. The van der Waals surface area contributed by atoms with Crippen molar-refractivity contribution >= 4 is 23.0 Å². The summed E-state index contributed by atoms with van der Waals surface area (Å²) >= 11 is 0. The minimum atomic E-state index is -0.496. The number of rotatable bonds is 5. The average molecular weight is 500 g/mol. The molecule has 11 nitrogen and oxygen atoms in total. The molecule has 196 valence electrons. The van der Waals surface area contributed by atoms with E-state index in [2.05, 4.69) is 14.8 Å². The predicted molar refractivity (Wildman–Crippen MR) is 135 cm³/mol. The molecule has 4 aliphatic rings. The van der Waals surface area contributed by atoms with Crippen molar-refractivity contribution in [3.63, 3.8) is 0 Å². The molecule has 36 heavy (non-hydrogen) atoms. The number of carbonyl (C=O) groups is 1. The van der Waals surface area contributed by atoms with Gasteiger partial charge in [-0.05, 0) is 31.1 Å². The van der Waals surface area contributed by atoms with E-state index in [4.69, 9.17) is 9.72 Å². The van der Waals surface area contributed by atoms with Crippen molar-refractivity contribution in [2.75, 3.05) is 50.8 Å². The van der Waals surface area contributed by atoms with Crippen LogP contribution in [0.5, 0.6) is 0 Å². The highest BCUT2D eigenvalue weighted by atomic mass is 16.5. The first-order valence-electron chi connectivity index (χ1n) is 13.6. The Labute approximate surface area is 210 Å². The van der Waals surface area contributed by atoms with Crippen LogP contribution in [0.4, 0.5) is 5.95 Å². The fourth-order valence-corrected chi connectivity index (χ4v) is 6.67. The molecule has 1 amide bonds. The summed E-state index contributed by atoms with van der Waals surface area (Å²) in [6, 6.07) is 0.356. The number of hydrogen-bond donors (Lipinski definition) is 1. The summed E-state index contributed by atoms with van der Waals surface area (Å²) in [4.78, 5) is 49.1. The SMILES string of the molecule is Cn1c(=O)n(CC(=O)N2CCOCC2)c(=O)c2c1nc(N1CCC3CNCC31)n2CC1CCCCC1. The van der Waals surface area contributed by atoms with Crippen molar-refractivity contribution in [1.82, 2.24) is 28.9 Å². The second-order valence-corrected chi connectivity index (χ2v) is 10.9. The minimum absolute atomic E-state index is 0.227. The quantitative estimate of drug-likeness (QED) is 0.624. The zero-order valence-corrected chi connectivity index (χ0v) is 21.2. The summed E-state index contributed by atoms with van der Waals surface area (Å²) in [6.07, 6.45) is 7.07. The summed E-state index contributed by atoms with van der Waals surface area (Å²) in [5.41, 5.74) is -0.0449. The maximum Gasteiger partial charge on any atom is 0.332 e. The third-order valence-corrected chi connectivity index (χ3v) is 8.74. The lowest BCUT2D eigenvalue weighted by Crippen LogP contribution is -2.47. The van der Waals surface area contributed by atoms with Crippen molar-refractivity contribution in [2.45, 2.75) is 57.7 Å². The molecule has 0 aromatic carbocycles. The number of ether oxygens (including phenoxy) is 1. The van der Waals surface area contributed by atoms with Gasteiger partial charge in [-0.25, -0.2) is 9.36 Å². The smallest absolute Gasteiger partial charge is 0.332 e. The largest absolute Gasteiger partial charge is 0.378 e. The van der Waals surface area contributed by atoms with Crippen LogP contribution in [0.1, 0.15) is 38.5 Å². The summed E-state index contributed by atoms with van der Waals surface area (Å²) in [5, 5.41) is 3.50. The van der Waals surface area contributed by atoms with Crippen LogP contribution in [-0.4, -0.2) is 81.5 Å². The van der Waals surface area contributed by atoms with Crippen LogP contribution in [0, 0.1) is 11.8 Å². The lowest BCUT2D eigenvalue weighted by molar-refractivity contribution is -0.136. The first-order valence-corrected chi connectivity index (χ1v) is 13.6. The van der Waals surface area contributed by atoms with Gasteiger partial charge in [0.25, 0.3) is 5.56 Å². The third-order valence-electron chi connectivity index (χ3n) is 8.74. The molecule has 0 bridgehead atoms. The number of fused-ring (bicyclic) bond motifs is 2. The fraction of sp³-hybridized carbons (Fsp3) is 0.760. The Morgan fingerprint density at radius 3 is 2.58 bits per heavy atom. The molecule has 0 radical (unpaired) electrons. The number of morpholine rings is 1. The van der Waals surface area contributed by atoms with Crippen molar-refractivity contribution in [3.8, 4) is 0 Å². The Bertz CT molecular complexity index is 1250. The summed E-state index contributed by atoms with van der Waals surface area (Å²) in [5.74, 6) is 1.64. The van der Waals surface area contributed by atoms with E-state index >= 15 is 0 Å². The fourth-order valence-electron chi connectivity index (χ4n) is 6.67. The Morgan fingerprint density at radius 2 is 1.81 bits per heavy atom. The molecule has 11 heteroatoms. The van der Waals surface area contributed by atoms with E-state index in [1.54, 1.807) is 11.9 Å². The van der Waals surface area contributed by atoms with E-state index in [1.807, 2.05) is 0 Å². The van der Waals surface area contributed by atoms with E-state index < -0.39 is 11.2 Å². The highest BCUT2D eigenvalue weighted by molar-refractivity contribution is 5.78. The second-order valence-electron chi connectivity index (χ2n) is 10.9. The first-order chi connectivity index (χ1) is 17.5. The Kier molecular flexibility index (Phi) is 6.37. The predicted octanol–water partition coefficient (Wildman–Crippen LogP) is 0.134. The highest BCUT2D eigenvalue weighted by Crippen LogP contribution is 2.34. The molecule has 3 aliphatic heterocycles. The molecule has 0 spiro atoms. The van der Waals surface area contributed by atoms with Gasteiger partial charge in [0.1, 0.15) is 6.54 Å². The molecule has 1 aliphatic carbocycles. The van der Waals surface area contributed by atoms with Gasteiger partial charge < -0.3 is 24.4 Å². The molecular formula is C25H37N7O4. The number of nitrogens with zero attached hydrogens (tertiary/aromatic N) is 6. The number of amides is 1. The van der Waals surface area contributed by atoms with Crippen molar-refractivity contribution in [2.24, 2.45) is 18.9 Å². The lowest BCUT2D eigenvalue weighted by Gasteiger charge is -2.28. The molecule has 2 unspecified atom stereocenters. The van der Waals surface area contributed by atoms with Crippen molar-refractivity contribution < 1.29 is 9.53 Å². The van der Waals surface area contributed by atoms with Gasteiger partial charge in [-0.2, -0.15) is 4.98 Å². The maximum absolute atomic E-state index is 13.9. The van der Waals surface area contributed by atoms with Crippen LogP contribution in [-0.2, 0) is 29.7 Å². The van der Waals surface area contributed by atoms with E-state index in [0.717, 1.165) is 56.0 Å². The van der Waals surface area contributed by atoms with Gasteiger partial charge in [-0.3, -0.25) is 14.2 Å². The van der Waals surface area contributed by atoms with Gasteiger partial charge >= 0.3 is 5.69 Å². The van der Waals surface area contributed by atoms with Gasteiger partial charge in [-0.15, -0.1) is 0 Å². The number of hydrogen-bond acceptors (Lipinski definition) is 7. The number of nitrogens with one attached hydrogen (secondary N) is 1. The number of aryl methyl sites for hydroxylation is 1. The Hall–Kier alpha value is -2.66. The van der Waals surface area contributed by atoms with E-state index in [0.29, 0.717) is 55.3 Å². The summed E-state index contributed by atoms with van der Waals surface area (Å²) < 4.78 is 9.98. The molecule has 1 saturated carbocycles. The Morgan fingerprint density at radius 1 is 1.03 bits per heavy atom. The van der Waals surface area contributed by atoms with Crippen LogP contribution >= 0.6 is 0 Å². The Balaban J connectivity index is 1.45. The molecular weight excluding hydrogens is 462 g/mol. The second kappa shape index (κ2) is 9.66. The number of anilines is 1. The topological polar surface area (TPSA) is 107 Å². The molecule has 3 saturated heterocycles. The monoisotopic (exact) mass is 499 g/mol. The molecule has 6 rings (SSSR count). The van der Waals surface area contributed by atoms with Crippen LogP contribution in [0.15, 0.2) is 9.59 Å². The summed E-state index contributed by atoms with van der Waals surface area (Å²) in [6.45, 7) is 5.19. The summed E-state index contributed by atoms with van der Waals surface area (Å²) in [7, 11) is 1.66. The van der Waals surface area contributed by atoms with E-state index in [9.17, 15) is 14.4 Å². The number of imidazole rings is 1. The van der Waals surface area contributed by atoms with Gasteiger partial charge in [0.15, 0.2) is 11.2 Å². The molecule has 5 heterocycles. The zero-order chi connectivity index (χ0) is 24.8. The first kappa shape index (κ1) is 23.7. The zero-order valence-electron chi connectivity index (χ0n) is 21.2. The lowest BCUT2D eigenvalue weighted by atomic mass is 9.89. The van der Waals surface area contributed by atoms with Crippen LogP contribution in [0.3, 0.4) is 0 Å². The van der Waals surface area contributed by atoms with Gasteiger partial charge in [0.05, 0.1) is 13.2 Å².